The minimum atomic E-state index is 0.0755. The van der Waals surface area contributed by atoms with E-state index in [-0.39, 0.29) is 5.91 Å². The Morgan fingerprint density at radius 3 is 2.09 bits per heavy atom. The fourth-order valence-electron chi connectivity index (χ4n) is 3.27. The third-order valence-corrected chi connectivity index (χ3v) is 4.70. The van der Waals surface area contributed by atoms with Gasteiger partial charge in [-0.3, -0.25) is 4.79 Å². The molecule has 2 heteroatoms. The van der Waals surface area contributed by atoms with E-state index in [1.807, 2.05) is 18.2 Å². The van der Waals surface area contributed by atoms with Gasteiger partial charge in [0.1, 0.15) is 0 Å². The summed E-state index contributed by atoms with van der Waals surface area (Å²) in [5, 5.41) is 3.17. The van der Waals surface area contributed by atoms with Gasteiger partial charge < -0.3 is 5.32 Å². The van der Waals surface area contributed by atoms with Crippen molar-refractivity contribution >= 4 is 5.91 Å². The van der Waals surface area contributed by atoms with E-state index >= 15 is 0 Å². The van der Waals surface area contributed by atoms with Crippen LogP contribution in [0.3, 0.4) is 0 Å². The van der Waals surface area contributed by atoms with Crippen LogP contribution in [0.15, 0.2) is 54.6 Å². The highest BCUT2D eigenvalue weighted by Crippen LogP contribution is 2.18. The molecule has 0 spiro atoms. The molecule has 2 aromatic carbocycles. The maximum atomic E-state index is 12.3. The predicted molar refractivity (Wildman–Crippen MR) is 94.6 cm³/mol. The fraction of sp³-hybridized carbons (Fsp3) is 0.381. The van der Waals surface area contributed by atoms with Gasteiger partial charge in [0.15, 0.2) is 0 Å². The summed E-state index contributed by atoms with van der Waals surface area (Å²) in [4.78, 5) is 12.3. The summed E-state index contributed by atoms with van der Waals surface area (Å²) in [6.07, 6.45) is 8.08. The molecular weight excluding hydrogens is 282 g/mol. The first-order valence-corrected chi connectivity index (χ1v) is 8.75. The third-order valence-electron chi connectivity index (χ3n) is 4.70. The number of hydrogen-bond acceptors (Lipinski definition) is 1. The van der Waals surface area contributed by atoms with E-state index in [4.69, 9.17) is 0 Å². The van der Waals surface area contributed by atoms with E-state index in [1.165, 1.54) is 30.4 Å². The van der Waals surface area contributed by atoms with Crippen LogP contribution in [0.5, 0.6) is 0 Å². The molecular formula is C21H25NO. The van der Waals surface area contributed by atoms with Crippen LogP contribution in [0.4, 0.5) is 0 Å². The van der Waals surface area contributed by atoms with Crippen molar-refractivity contribution in [3.05, 3.63) is 71.3 Å². The third kappa shape index (κ3) is 4.69. The Morgan fingerprint density at radius 2 is 1.43 bits per heavy atom. The van der Waals surface area contributed by atoms with E-state index in [9.17, 15) is 4.79 Å². The number of amides is 1. The Morgan fingerprint density at radius 1 is 0.826 bits per heavy atom. The maximum absolute atomic E-state index is 12.3. The van der Waals surface area contributed by atoms with Gasteiger partial charge in [-0.05, 0) is 48.9 Å². The van der Waals surface area contributed by atoms with Crippen molar-refractivity contribution < 1.29 is 4.79 Å². The Hall–Kier alpha value is -2.09. The predicted octanol–water partition coefficient (Wildman–Crippen LogP) is 4.53. The summed E-state index contributed by atoms with van der Waals surface area (Å²) < 4.78 is 0. The zero-order valence-corrected chi connectivity index (χ0v) is 13.6. The lowest BCUT2D eigenvalue weighted by Gasteiger charge is -2.22. The van der Waals surface area contributed by atoms with Crippen LogP contribution in [0, 0.1) is 0 Å². The van der Waals surface area contributed by atoms with Crippen molar-refractivity contribution in [3.8, 4) is 0 Å². The van der Waals surface area contributed by atoms with Crippen LogP contribution >= 0.6 is 0 Å². The molecule has 0 unspecified atom stereocenters. The summed E-state index contributed by atoms with van der Waals surface area (Å²) in [6.45, 7) is 0. The van der Waals surface area contributed by atoms with Crippen molar-refractivity contribution in [1.82, 2.24) is 5.32 Å². The number of nitrogens with one attached hydrogen (secondary N) is 1. The molecule has 2 nitrogen and oxygen atoms in total. The molecule has 0 bridgehead atoms. The van der Waals surface area contributed by atoms with Gasteiger partial charge in [-0.2, -0.15) is 0 Å². The van der Waals surface area contributed by atoms with Crippen molar-refractivity contribution in [3.63, 3.8) is 0 Å². The number of carbonyl (C=O) groups is 1. The Labute approximate surface area is 138 Å². The second-order valence-electron chi connectivity index (χ2n) is 6.49. The largest absolute Gasteiger partial charge is 0.349 e. The first-order chi connectivity index (χ1) is 11.3. The fourth-order valence-corrected chi connectivity index (χ4v) is 3.27. The topological polar surface area (TPSA) is 29.1 Å². The van der Waals surface area contributed by atoms with Crippen molar-refractivity contribution in [1.29, 1.82) is 0 Å². The highest BCUT2D eigenvalue weighted by atomic mass is 16.1. The van der Waals surface area contributed by atoms with Crippen molar-refractivity contribution in [2.75, 3.05) is 0 Å². The first-order valence-electron chi connectivity index (χ1n) is 8.75. The van der Waals surface area contributed by atoms with Crippen LogP contribution in [0.2, 0.25) is 0 Å². The summed E-state index contributed by atoms with van der Waals surface area (Å²) >= 11 is 0. The Balaban J connectivity index is 1.52. The zero-order valence-electron chi connectivity index (χ0n) is 13.6. The van der Waals surface area contributed by atoms with E-state index in [0.29, 0.717) is 6.04 Å². The van der Waals surface area contributed by atoms with Crippen LogP contribution in [0.1, 0.15) is 53.6 Å². The number of hydrogen-bond donors (Lipinski definition) is 1. The van der Waals surface area contributed by atoms with Crippen LogP contribution in [-0.4, -0.2) is 11.9 Å². The summed E-state index contributed by atoms with van der Waals surface area (Å²) in [5.41, 5.74) is 3.41. The highest BCUT2D eigenvalue weighted by molar-refractivity contribution is 5.94. The number of benzene rings is 2. The molecule has 1 aliphatic rings. The summed E-state index contributed by atoms with van der Waals surface area (Å²) in [6, 6.07) is 19.0. The Kier molecular flexibility index (Phi) is 5.46. The second-order valence-corrected chi connectivity index (χ2v) is 6.49. The first kappa shape index (κ1) is 15.8. The normalized spacial score (nSPS) is 15.3. The van der Waals surface area contributed by atoms with Gasteiger partial charge in [0.2, 0.25) is 0 Å². The molecule has 1 amide bonds. The molecule has 120 valence electrons. The molecule has 0 atom stereocenters. The van der Waals surface area contributed by atoms with Crippen LogP contribution < -0.4 is 5.32 Å². The summed E-state index contributed by atoms with van der Waals surface area (Å²) in [5.74, 6) is 0.0755. The lowest BCUT2D eigenvalue weighted by molar-refractivity contribution is 0.0927. The van der Waals surface area contributed by atoms with E-state index < -0.39 is 0 Å². The molecule has 1 saturated carbocycles. The van der Waals surface area contributed by atoms with Crippen molar-refractivity contribution in [2.24, 2.45) is 0 Å². The monoisotopic (exact) mass is 307 g/mol. The molecule has 1 aliphatic carbocycles. The average Bonchev–Trinajstić information content (AvgIpc) is 2.62. The lowest BCUT2D eigenvalue weighted by atomic mass is 9.95. The van der Waals surface area contributed by atoms with Gasteiger partial charge >= 0.3 is 0 Å². The smallest absolute Gasteiger partial charge is 0.251 e. The molecule has 1 fully saturated rings. The molecule has 1 N–H and O–H groups in total. The van der Waals surface area contributed by atoms with Gasteiger partial charge in [0, 0.05) is 11.6 Å². The minimum absolute atomic E-state index is 0.0755. The van der Waals surface area contributed by atoms with Gasteiger partial charge in [-0.25, -0.2) is 0 Å². The average molecular weight is 307 g/mol. The molecule has 23 heavy (non-hydrogen) atoms. The van der Waals surface area contributed by atoms with Crippen LogP contribution in [0.25, 0.3) is 0 Å². The zero-order chi connectivity index (χ0) is 15.9. The molecule has 3 rings (SSSR count). The molecule has 2 aromatic rings. The summed E-state index contributed by atoms with van der Waals surface area (Å²) in [7, 11) is 0. The maximum Gasteiger partial charge on any atom is 0.251 e. The SMILES string of the molecule is O=C(NC1CCCCC1)c1ccc(CCc2ccccc2)cc1. The molecule has 0 heterocycles. The lowest BCUT2D eigenvalue weighted by Crippen LogP contribution is -2.36. The van der Waals surface area contributed by atoms with Crippen molar-refractivity contribution in [2.45, 2.75) is 51.0 Å². The minimum Gasteiger partial charge on any atom is -0.349 e. The quantitative estimate of drug-likeness (QED) is 0.863. The number of aryl methyl sites for hydroxylation is 2. The Bertz CT molecular complexity index is 612. The van der Waals surface area contributed by atoms with E-state index in [0.717, 1.165) is 31.2 Å². The van der Waals surface area contributed by atoms with Crippen LogP contribution in [-0.2, 0) is 12.8 Å². The highest BCUT2D eigenvalue weighted by Gasteiger charge is 2.16. The number of carbonyl (C=O) groups excluding carboxylic acids is 1. The molecule has 0 aromatic heterocycles. The standard InChI is InChI=1S/C21H25NO/c23-21(22-20-9-5-2-6-10-20)19-15-13-18(14-16-19)12-11-17-7-3-1-4-8-17/h1,3-4,7-8,13-16,20H,2,5-6,9-12H2,(H,22,23). The van der Waals surface area contributed by atoms with Gasteiger partial charge in [0.25, 0.3) is 5.91 Å². The van der Waals surface area contributed by atoms with Gasteiger partial charge in [0.05, 0.1) is 0 Å². The number of rotatable bonds is 5. The second kappa shape index (κ2) is 7.96. The van der Waals surface area contributed by atoms with E-state index in [2.05, 4.69) is 41.7 Å². The van der Waals surface area contributed by atoms with E-state index in [1.54, 1.807) is 0 Å². The van der Waals surface area contributed by atoms with Gasteiger partial charge in [-0.15, -0.1) is 0 Å². The molecule has 0 aliphatic heterocycles. The van der Waals surface area contributed by atoms with Gasteiger partial charge in [-0.1, -0.05) is 61.7 Å². The molecule has 0 radical (unpaired) electrons. The molecule has 0 saturated heterocycles.